The summed E-state index contributed by atoms with van der Waals surface area (Å²) >= 11 is 0. The van der Waals surface area contributed by atoms with Crippen LogP contribution in [0.5, 0.6) is 0 Å². The Hall–Kier alpha value is -3.07. The Kier molecular flexibility index (Phi) is 7.55. The van der Waals surface area contributed by atoms with Gasteiger partial charge in [0.2, 0.25) is 5.91 Å². The molecule has 2 atom stereocenters. The van der Waals surface area contributed by atoms with Crippen molar-refractivity contribution in [2.45, 2.75) is 43.9 Å². The van der Waals surface area contributed by atoms with Crippen LogP contribution >= 0.6 is 0 Å². The molecule has 9 heteroatoms. The highest BCUT2D eigenvalue weighted by molar-refractivity contribution is 5.88. The first-order valence-electron chi connectivity index (χ1n) is 12.6. The van der Waals surface area contributed by atoms with Gasteiger partial charge in [0.1, 0.15) is 0 Å². The first-order valence-corrected chi connectivity index (χ1v) is 12.6. The molecule has 0 bridgehead atoms. The standard InChI is InChI=1S/C28H34F3N3O3/c1-4-37-27(28(29,30)31,20-10-6-5-7-11-20)25(36)34-16-14-26(15-17-34)18-24(35)32-19-22(26)21-12-8-9-13-23(21)33(2)3/h5-13,22H,4,14-19H2,1-3H3,(H,32,35)/t22?,27-/m1/s1. The van der Waals surface area contributed by atoms with Crippen LogP contribution in [0, 0.1) is 5.41 Å². The van der Waals surface area contributed by atoms with Crippen molar-refractivity contribution in [1.29, 1.82) is 0 Å². The van der Waals surface area contributed by atoms with Gasteiger partial charge in [-0.2, -0.15) is 13.2 Å². The van der Waals surface area contributed by atoms with Crippen molar-refractivity contribution < 1.29 is 27.5 Å². The maximum Gasteiger partial charge on any atom is 0.430 e. The molecule has 2 aliphatic heterocycles. The largest absolute Gasteiger partial charge is 0.430 e. The van der Waals surface area contributed by atoms with Gasteiger partial charge in [-0.15, -0.1) is 0 Å². The molecule has 6 nitrogen and oxygen atoms in total. The summed E-state index contributed by atoms with van der Waals surface area (Å²) in [6.45, 7) is 1.86. The van der Waals surface area contributed by atoms with E-state index in [0.29, 0.717) is 19.4 Å². The van der Waals surface area contributed by atoms with E-state index in [4.69, 9.17) is 4.74 Å². The third-order valence-corrected chi connectivity index (χ3v) is 7.84. The molecular formula is C28H34F3N3O3. The van der Waals surface area contributed by atoms with E-state index in [9.17, 15) is 22.8 Å². The van der Waals surface area contributed by atoms with Crippen LogP contribution in [0.1, 0.15) is 43.2 Å². The number of benzene rings is 2. The Morgan fingerprint density at radius 3 is 2.30 bits per heavy atom. The second-order valence-corrected chi connectivity index (χ2v) is 10.1. The number of nitrogens with one attached hydrogen (secondary N) is 1. The molecule has 4 rings (SSSR count). The molecule has 2 aromatic carbocycles. The van der Waals surface area contributed by atoms with Crippen molar-refractivity contribution in [3.63, 3.8) is 0 Å². The van der Waals surface area contributed by atoms with Crippen LogP contribution in [0.25, 0.3) is 0 Å². The number of hydrogen-bond donors (Lipinski definition) is 1. The molecule has 37 heavy (non-hydrogen) atoms. The third-order valence-electron chi connectivity index (χ3n) is 7.84. The number of nitrogens with zero attached hydrogens (tertiary/aromatic N) is 2. The molecule has 1 N–H and O–H groups in total. The maximum atomic E-state index is 14.6. The van der Waals surface area contributed by atoms with Crippen LogP contribution in [0.2, 0.25) is 0 Å². The smallest absolute Gasteiger partial charge is 0.377 e. The summed E-state index contributed by atoms with van der Waals surface area (Å²) in [7, 11) is 3.92. The van der Waals surface area contributed by atoms with Gasteiger partial charge >= 0.3 is 6.18 Å². The van der Waals surface area contributed by atoms with Crippen molar-refractivity contribution in [1.82, 2.24) is 10.2 Å². The van der Waals surface area contributed by atoms with Crippen molar-refractivity contribution in [3.8, 4) is 0 Å². The number of para-hydroxylation sites is 1. The Bertz CT molecular complexity index is 1110. The van der Waals surface area contributed by atoms with Crippen LogP contribution in [0.15, 0.2) is 54.6 Å². The van der Waals surface area contributed by atoms with Crippen LogP contribution in [-0.4, -0.2) is 63.2 Å². The Morgan fingerprint density at radius 2 is 1.70 bits per heavy atom. The highest BCUT2D eigenvalue weighted by Gasteiger charge is 2.64. The van der Waals surface area contributed by atoms with Crippen LogP contribution in [0.4, 0.5) is 18.9 Å². The third kappa shape index (κ3) is 4.81. The summed E-state index contributed by atoms with van der Waals surface area (Å²) in [6.07, 6.45) is -3.83. The van der Waals surface area contributed by atoms with Gasteiger partial charge in [0.15, 0.2) is 0 Å². The number of rotatable bonds is 6. The number of halogens is 3. The van der Waals surface area contributed by atoms with Crippen molar-refractivity contribution in [2.75, 3.05) is 45.2 Å². The Balaban J connectivity index is 1.66. The lowest BCUT2D eigenvalue weighted by atomic mass is 9.62. The average Bonchev–Trinajstić information content (AvgIpc) is 2.87. The molecule has 2 amide bonds. The molecule has 2 saturated heterocycles. The fraction of sp³-hybridized carbons (Fsp3) is 0.500. The molecule has 1 spiro atoms. The lowest BCUT2D eigenvalue weighted by molar-refractivity contribution is -0.277. The van der Waals surface area contributed by atoms with Crippen molar-refractivity contribution >= 4 is 17.5 Å². The zero-order valence-electron chi connectivity index (χ0n) is 21.5. The zero-order chi connectivity index (χ0) is 26.8. The van der Waals surface area contributed by atoms with E-state index >= 15 is 0 Å². The number of ether oxygens (including phenoxy) is 1. The number of alkyl halides is 3. The molecule has 200 valence electrons. The number of carbonyl (C=O) groups is 2. The van der Waals surface area contributed by atoms with Gasteiger partial charge in [0.25, 0.3) is 11.5 Å². The summed E-state index contributed by atoms with van der Waals surface area (Å²) in [5.41, 5.74) is -1.63. The fourth-order valence-corrected chi connectivity index (χ4v) is 5.99. The van der Waals surface area contributed by atoms with Crippen molar-refractivity contribution in [3.05, 3.63) is 65.7 Å². The number of carbonyl (C=O) groups excluding carboxylic acids is 2. The van der Waals surface area contributed by atoms with E-state index < -0.39 is 23.1 Å². The topological polar surface area (TPSA) is 61.9 Å². The molecule has 2 aromatic rings. The van der Waals surface area contributed by atoms with Crippen LogP contribution < -0.4 is 10.2 Å². The molecule has 0 aliphatic carbocycles. The highest BCUT2D eigenvalue weighted by atomic mass is 19.4. The minimum absolute atomic E-state index is 0.0190. The molecule has 1 unspecified atom stereocenters. The predicted molar refractivity (Wildman–Crippen MR) is 135 cm³/mol. The Morgan fingerprint density at radius 1 is 1.08 bits per heavy atom. The lowest BCUT2D eigenvalue weighted by Gasteiger charge is -2.50. The van der Waals surface area contributed by atoms with Gasteiger partial charge in [-0.25, -0.2) is 0 Å². The van der Waals surface area contributed by atoms with Gasteiger partial charge in [-0.3, -0.25) is 9.59 Å². The van der Waals surface area contributed by atoms with Gasteiger partial charge in [0, 0.05) is 63.9 Å². The predicted octanol–water partition coefficient (Wildman–Crippen LogP) is 4.46. The van der Waals surface area contributed by atoms with Gasteiger partial charge in [-0.1, -0.05) is 48.5 Å². The second-order valence-electron chi connectivity index (χ2n) is 10.1. The van der Waals surface area contributed by atoms with E-state index in [-0.39, 0.29) is 43.5 Å². The molecule has 0 saturated carbocycles. The van der Waals surface area contributed by atoms with Crippen molar-refractivity contribution in [2.24, 2.45) is 5.41 Å². The number of likely N-dealkylation sites (tertiary alicyclic amines) is 1. The van der Waals surface area contributed by atoms with Gasteiger partial charge < -0.3 is 19.9 Å². The first kappa shape index (κ1) is 27.0. The quantitative estimate of drug-likeness (QED) is 0.615. The SMILES string of the molecule is CCO[C@@](C(=O)N1CCC2(CC1)CC(=O)NCC2c1ccccc1N(C)C)(c1ccccc1)C(F)(F)F. The first-order chi connectivity index (χ1) is 17.6. The van der Waals surface area contributed by atoms with Gasteiger partial charge in [0.05, 0.1) is 0 Å². The summed E-state index contributed by atoms with van der Waals surface area (Å²) in [5, 5.41) is 2.98. The molecule has 2 heterocycles. The van der Waals surface area contributed by atoms with E-state index in [1.165, 1.54) is 36.1 Å². The second kappa shape index (κ2) is 10.4. The molecule has 0 aromatic heterocycles. The lowest BCUT2D eigenvalue weighted by Crippen LogP contribution is -2.60. The average molecular weight is 518 g/mol. The highest BCUT2D eigenvalue weighted by Crippen LogP contribution is 2.52. The molecule has 2 aliphatic rings. The summed E-state index contributed by atoms with van der Waals surface area (Å²) < 4.78 is 49.2. The van der Waals surface area contributed by atoms with Crippen LogP contribution in [0.3, 0.4) is 0 Å². The maximum absolute atomic E-state index is 14.6. The molecule has 0 radical (unpaired) electrons. The van der Waals surface area contributed by atoms with E-state index in [1.807, 2.05) is 37.2 Å². The molecular weight excluding hydrogens is 483 g/mol. The van der Waals surface area contributed by atoms with Gasteiger partial charge in [-0.05, 0) is 36.8 Å². The number of anilines is 1. The number of piperidine rings is 2. The number of amides is 2. The minimum atomic E-state index is -4.95. The summed E-state index contributed by atoms with van der Waals surface area (Å²) in [6, 6.07) is 15.1. The summed E-state index contributed by atoms with van der Waals surface area (Å²) in [4.78, 5) is 29.5. The van der Waals surface area contributed by atoms with E-state index in [1.54, 1.807) is 6.07 Å². The monoisotopic (exact) mass is 517 g/mol. The normalized spacial score (nSPS) is 21.3. The number of hydrogen-bond acceptors (Lipinski definition) is 4. The Labute approximate surface area is 215 Å². The molecule has 2 fully saturated rings. The minimum Gasteiger partial charge on any atom is -0.377 e. The van der Waals surface area contributed by atoms with E-state index in [0.717, 1.165) is 11.3 Å². The van der Waals surface area contributed by atoms with E-state index in [2.05, 4.69) is 11.4 Å². The fourth-order valence-electron chi connectivity index (χ4n) is 5.99. The van der Waals surface area contributed by atoms with Crippen LogP contribution in [-0.2, 0) is 19.9 Å². The zero-order valence-corrected chi connectivity index (χ0v) is 21.5. The summed E-state index contributed by atoms with van der Waals surface area (Å²) in [5.74, 6) is -1.19.